The van der Waals surface area contributed by atoms with Gasteiger partial charge in [-0.1, -0.05) is 12.1 Å². The third kappa shape index (κ3) is 6.58. The van der Waals surface area contributed by atoms with Gasteiger partial charge in [-0.05, 0) is 77.1 Å². The van der Waals surface area contributed by atoms with Crippen LogP contribution >= 0.6 is 0 Å². The predicted molar refractivity (Wildman–Crippen MR) is 100 cm³/mol. The van der Waals surface area contributed by atoms with Gasteiger partial charge in [-0.3, -0.25) is 0 Å². The predicted octanol–water partition coefficient (Wildman–Crippen LogP) is 3.83. The van der Waals surface area contributed by atoms with Crippen molar-refractivity contribution >= 4 is 6.09 Å². The average molecular weight is 348 g/mol. The van der Waals surface area contributed by atoms with E-state index in [4.69, 9.17) is 9.47 Å². The molecule has 5 heteroatoms. The van der Waals surface area contributed by atoms with Crippen molar-refractivity contribution in [3.8, 4) is 5.75 Å². The van der Waals surface area contributed by atoms with Crippen LogP contribution in [0.25, 0.3) is 0 Å². The number of alkyl carbamates (subject to hydrolysis) is 1. The van der Waals surface area contributed by atoms with E-state index in [9.17, 15) is 4.79 Å². The fourth-order valence-electron chi connectivity index (χ4n) is 3.04. The smallest absolute Gasteiger partial charge is 0.407 e. The first-order valence-electron chi connectivity index (χ1n) is 9.13. The van der Waals surface area contributed by atoms with Crippen molar-refractivity contribution in [2.24, 2.45) is 0 Å². The Balaban J connectivity index is 1.61. The second-order valence-electron chi connectivity index (χ2n) is 7.93. The Kier molecular flexibility index (Phi) is 6.71. The highest BCUT2D eigenvalue weighted by atomic mass is 16.6. The van der Waals surface area contributed by atoms with E-state index in [0.717, 1.165) is 31.6 Å². The Morgan fingerprint density at radius 2 is 2.04 bits per heavy atom. The molecule has 0 saturated heterocycles. The molecule has 0 bridgehead atoms. The van der Waals surface area contributed by atoms with Gasteiger partial charge in [-0.25, -0.2) is 4.79 Å². The van der Waals surface area contributed by atoms with E-state index in [1.54, 1.807) is 7.11 Å². The molecule has 1 aliphatic carbocycles. The maximum Gasteiger partial charge on any atom is 0.407 e. The molecule has 2 rings (SSSR count). The fraction of sp³-hybridized carbons (Fsp3) is 0.650. The van der Waals surface area contributed by atoms with Crippen molar-refractivity contribution < 1.29 is 14.3 Å². The maximum atomic E-state index is 11.7. The Labute approximate surface area is 151 Å². The summed E-state index contributed by atoms with van der Waals surface area (Å²) in [5.74, 6) is 1.54. The van der Waals surface area contributed by atoms with Crippen molar-refractivity contribution in [3.05, 3.63) is 29.8 Å². The van der Waals surface area contributed by atoms with Crippen LogP contribution in [-0.4, -0.2) is 37.4 Å². The summed E-state index contributed by atoms with van der Waals surface area (Å²) in [4.78, 5) is 11.7. The van der Waals surface area contributed by atoms with Crippen molar-refractivity contribution in [1.82, 2.24) is 10.6 Å². The first-order chi connectivity index (χ1) is 11.8. The maximum absolute atomic E-state index is 11.7. The Hall–Kier alpha value is -1.75. The highest BCUT2D eigenvalue weighted by molar-refractivity contribution is 5.68. The van der Waals surface area contributed by atoms with Gasteiger partial charge in [0.15, 0.2) is 0 Å². The molecule has 1 fully saturated rings. The first kappa shape index (κ1) is 19.6. The van der Waals surface area contributed by atoms with E-state index in [-0.39, 0.29) is 12.1 Å². The number of ether oxygens (including phenoxy) is 2. The van der Waals surface area contributed by atoms with Gasteiger partial charge >= 0.3 is 6.09 Å². The zero-order valence-corrected chi connectivity index (χ0v) is 16.1. The van der Waals surface area contributed by atoms with Gasteiger partial charge in [0, 0.05) is 12.1 Å². The Morgan fingerprint density at radius 1 is 1.32 bits per heavy atom. The van der Waals surface area contributed by atoms with Crippen LogP contribution in [0.4, 0.5) is 4.79 Å². The number of carbonyl (C=O) groups excluding carboxylic acids is 1. The van der Waals surface area contributed by atoms with E-state index >= 15 is 0 Å². The molecule has 2 N–H and O–H groups in total. The van der Waals surface area contributed by atoms with Gasteiger partial charge in [0.1, 0.15) is 11.4 Å². The number of hydrogen-bond donors (Lipinski definition) is 2. The van der Waals surface area contributed by atoms with E-state index in [1.165, 1.54) is 5.56 Å². The second-order valence-corrected chi connectivity index (χ2v) is 7.93. The lowest BCUT2D eigenvalue weighted by molar-refractivity contribution is 0.0506. The van der Waals surface area contributed by atoms with E-state index in [2.05, 4.69) is 28.8 Å². The monoisotopic (exact) mass is 348 g/mol. The second kappa shape index (κ2) is 8.56. The lowest BCUT2D eigenvalue weighted by Crippen LogP contribution is -2.43. The number of methoxy groups -OCH3 is 1. The molecule has 1 amide bonds. The molecule has 5 nitrogen and oxygen atoms in total. The van der Waals surface area contributed by atoms with Crippen molar-refractivity contribution in [3.63, 3.8) is 0 Å². The number of hydrogen-bond acceptors (Lipinski definition) is 4. The van der Waals surface area contributed by atoms with Crippen molar-refractivity contribution in [1.29, 1.82) is 0 Å². The summed E-state index contributed by atoms with van der Waals surface area (Å²) in [6.45, 7) is 8.51. The largest absolute Gasteiger partial charge is 0.497 e. The standard InChI is InChI=1S/C20H32N2O3/c1-14(22-19(23)25-20(2,3)4)9-10-21-17-11-16(12-17)15-7-6-8-18(13-15)24-5/h6-8,13-14,16-17,21H,9-12H2,1-5H3,(H,22,23). The quantitative estimate of drug-likeness (QED) is 0.786. The molecular formula is C20H32N2O3. The summed E-state index contributed by atoms with van der Waals surface area (Å²) < 4.78 is 10.6. The summed E-state index contributed by atoms with van der Waals surface area (Å²) in [7, 11) is 1.71. The minimum absolute atomic E-state index is 0.0941. The van der Waals surface area contributed by atoms with E-state index in [0.29, 0.717) is 12.0 Å². The van der Waals surface area contributed by atoms with Crippen molar-refractivity contribution in [2.45, 2.75) is 70.6 Å². The summed E-state index contributed by atoms with van der Waals surface area (Å²) in [5, 5.41) is 6.45. The van der Waals surface area contributed by atoms with Gasteiger partial charge in [0.2, 0.25) is 0 Å². The molecule has 1 aliphatic rings. The number of benzene rings is 1. The molecule has 1 unspecified atom stereocenters. The molecule has 1 aromatic carbocycles. The molecule has 0 heterocycles. The van der Waals surface area contributed by atoms with Gasteiger partial charge < -0.3 is 20.1 Å². The van der Waals surface area contributed by atoms with Crippen molar-refractivity contribution in [2.75, 3.05) is 13.7 Å². The van der Waals surface area contributed by atoms with Gasteiger partial charge in [0.05, 0.1) is 7.11 Å². The molecule has 25 heavy (non-hydrogen) atoms. The molecule has 0 aliphatic heterocycles. The molecule has 1 atom stereocenters. The van der Waals surface area contributed by atoms with Crippen LogP contribution in [0.15, 0.2) is 24.3 Å². The number of carbonyl (C=O) groups is 1. The third-order valence-corrected chi connectivity index (χ3v) is 4.48. The summed E-state index contributed by atoms with van der Waals surface area (Å²) in [6.07, 6.45) is 2.85. The zero-order valence-electron chi connectivity index (χ0n) is 16.1. The van der Waals surface area contributed by atoms with E-state index in [1.807, 2.05) is 33.8 Å². The lowest BCUT2D eigenvalue weighted by Gasteiger charge is -2.36. The van der Waals surface area contributed by atoms with Gasteiger partial charge in [-0.15, -0.1) is 0 Å². The van der Waals surface area contributed by atoms with E-state index < -0.39 is 5.60 Å². The first-order valence-corrected chi connectivity index (χ1v) is 9.13. The Bertz CT molecular complexity index is 562. The van der Waals surface area contributed by atoms with Gasteiger partial charge in [-0.2, -0.15) is 0 Å². The number of amides is 1. The minimum atomic E-state index is -0.455. The summed E-state index contributed by atoms with van der Waals surface area (Å²) >= 11 is 0. The highest BCUT2D eigenvalue weighted by Gasteiger charge is 2.30. The van der Waals surface area contributed by atoms with Crippen LogP contribution in [0, 0.1) is 0 Å². The average Bonchev–Trinajstić information content (AvgIpc) is 2.47. The molecule has 0 radical (unpaired) electrons. The molecular weight excluding hydrogens is 316 g/mol. The molecule has 0 aromatic heterocycles. The Morgan fingerprint density at radius 3 is 2.68 bits per heavy atom. The topological polar surface area (TPSA) is 59.6 Å². The van der Waals surface area contributed by atoms with Crippen LogP contribution in [0.3, 0.4) is 0 Å². The van der Waals surface area contributed by atoms with Crippen LogP contribution in [0.1, 0.15) is 58.4 Å². The van der Waals surface area contributed by atoms with Crippen LogP contribution in [0.2, 0.25) is 0 Å². The molecule has 1 aromatic rings. The zero-order chi connectivity index (χ0) is 18.4. The SMILES string of the molecule is COc1cccc(C2CC(NCCC(C)NC(=O)OC(C)(C)C)C2)c1. The third-order valence-electron chi connectivity index (χ3n) is 4.48. The summed E-state index contributed by atoms with van der Waals surface area (Å²) in [5.41, 5.74) is 0.903. The van der Waals surface area contributed by atoms with Crippen LogP contribution in [0.5, 0.6) is 5.75 Å². The highest BCUT2D eigenvalue weighted by Crippen LogP contribution is 2.37. The normalized spacial score (nSPS) is 21.2. The summed E-state index contributed by atoms with van der Waals surface area (Å²) in [6, 6.07) is 9.00. The van der Waals surface area contributed by atoms with Crippen LogP contribution < -0.4 is 15.4 Å². The minimum Gasteiger partial charge on any atom is -0.497 e. The van der Waals surface area contributed by atoms with Crippen LogP contribution in [-0.2, 0) is 4.74 Å². The molecule has 0 spiro atoms. The number of nitrogens with one attached hydrogen (secondary N) is 2. The molecule has 140 valence electrons. The number of rotatable bonds is 7. The lowest BCUT2D eigenvalue weighted by atomic mass is 9.76. The fourth-order valence-corrected chi connectivity index (χ4v) is 3.04. The molecule has 1 saturated carbocycles. The van der Waals surface area contributed by atoms with Gasteiger partial charge in [0.25, 0.3) is 0 Å².